The van der Waals surface area contributed by atoms with Crippen molar-refractivity contribution in [2.45, 2.75) is 32.1 Å². The van der Waals surface area contributed by atoms with Crippen molar-refractivity contribution in [2.75, 3.05) is 5.32 Å². The molecule has 0 saturated carbocycles. The van der Waals surface area contributed by atoms with E-state index in [1.165, 1.54) is 0 Å². The van der Waals surface area contributed by atoms with Gasteiger partial charge >= 0.3 is 0 Å². The Morgan fingerprint density at radius 1 is 1.10 bits per heavy atom. The van der Waals surface area contributed by atoms with E-state index in [9.17, 15) is 4.21 Å². The molecule has 0 spiro atoms. The van der Waals surface area contributed by atoms with Gasteiger partial charge in [0.1, 0.15) is 5.82 Å². The van der Waals surface area contributed by atoms with Crippen molar-refractivity contribution in [1.29, 1.82) is 0 Å². The Balaban J connectivity index is 1.76. The van der Waals surface area contributed by atoms with Crippen LogP contribution in [0.3, 0.4) is 0 Å². The van der Waals surface area contributed by atoms with Gasteiger partial charge in [-0.3, -0.25) is 9.19 Å². The van der Waals surface area contributed by atoms with E-state index in [-0.39, 0.29) is 4.75 Å². The Hall–Kier alpha value is -3.32. The molecule has 0 bridgehead atoms. The van der Waals surface area contributed by atoms with Crippen LogP contribution in [0, 0.1) is 0 Å². The molecule has 0 amide bonds. The monoisotopic (exact) mass is 431 g/mol. The molecule has 4 rings (SSSR count). The standard InChI is InChI=1S/C24H25N5OS/c1-24(2,3)31(30)13-11-20-17-27-29-22(26-16-18-8-7-12-25-15-18)14-21(28-23(20)29)19-9-5-4-6-10-19/h4-15,17,26H,16H2,1-3H3/b13-11+. The lowest BCUT2D eigenvalue weighted by molar-refractivity contribution is 0.656. The number of pyridine rings is 1. The second-order valence-electron chi connectivity index (χ2n) is 8.16. The number of fused-ring (bicyclic) bond motifs is 1. The first-order valence-corrected chi connectivity index (χ1v) is 11.3. The molecule has 1 unspecified atom stereocenters. The van der Waals surface area contributed by atoms with Gasteiger partial charge in [-0.1, -0.05) is 36.4 Å². The summed E-state index contributed by atoms with van der Waals surface area (Å²) in [5.74, 6) is 0.823. The number of nitrogens with zero attached hydrogens (tertiary/aromatic N) is 4. The smallest absolute Gasteiger partial charge is 0.165 e. The summed E-state index contributed by atoms with van der Waals surface area (Å²) >= 11 is 0. The summed E-state index contributed by atoms with van der Waals surface area (Å²) in [6, 6.07) is 16.0. The van der Waals surface area contributed by atoms with Crippen molar-refractivity contribution in [1.82, 2.24) is 19.6 Å². The van der Waals surface area contributed by atoms with Gasteiger partial charge in [-0.15, -0.1) is 0 Å². The predicted molar refractivity (Wildman–Crippen MR) is 127 cm³/mol. The number of rotatable bonds is 6. The topological polar surface area (TPSA) is 72.2 Å². The van der Waals surface area contributed by atoms with Crippen LogP contribution in [0.5, 0.6) is 0 Å². The highest BCUT2D eigenvalue weighted by Crippen LogP contribution is 2.25. The van der Waals surface area contributed by atoms with Crippen molar-refractivity contribution in [2.24, 2.45) is 0 Å². The first kappa shape index (κ1) is 20.9. The molecule has 3 aromatic heterocycles. The van der Waals surface area contributed by atoms with Gasteiger partial charge in [0, 0.05) is 46.3 Å². The molecule has 7 heteroatoms. The van der Waals surface area contributed by atoms with Crippen LogP contribution in [0.25, 0.3) is 23.0 Å². The Bertz CT molecular complexity index is 1230. The molecular weight excluding hydrogens is 406 g/mol. The van der Waals surface area contributed by atoms with E-state index in [4.69, 9.17) is 4.98 Å². The molecule has 0 aliphatic rings. The Kier molecular flexibility index (Phi) is 5.95. The molecule has 0 fully saturated rings. The second-order valence-corrected chi connectivity index (χ2v) is 10.2. The van der Waals surface area contributed by atoms with Crippen LogP contribution in [0.4, 0.5) is 5.82 Å². The van der Waals surface area contributed by atoms with E-state index in [1.807, 2.05) is 81.6 Å². The first-order valence-electron chi connectivity index (χ1n) is 10.1. The van der Waals surface area contributed by atoms with E-state index < -0.39 is 10.8 Å². The molecule has 1 atom stereocenters. The lowest BCUT2D eigenvalue weighted by Gasteiger charge is -2.14. The first-order chi connectivity index (χ1) is 14.9. The van der Waals surface area contributed by atoms with E-state index >= 15 is 0 Å². The molecule has 4 aromatic rings. The summed E-state index contributed by atoms with van der Waals surface area (Å²) in [6.45, 7) is 6.47. The zero-order valence-electron chi connectivity index (χ0n) is 17.8. The molecule has 0 saturated heterocycles. The number of benzene rings is 1. The average molecular weight is 432 g/mol. The van der Waals surface area contributed by atoms with E-state index in [0.29, 0.717) is 12.2 Å². The number of nitrogens with one attached hydrogen (secondary N) is 1. The third kappa shape index (κ3) is 4.88. The molecular formula is C24H25N5OS. The average Bonchev–Trinajstić information content (AvgIpc) is 3.19. The number of anilines is 1. The van der Waals surface area contributed by atoms with Crippen LogP contribution >= 0.6 is 0 Å². The molecule has 0 radical (unpaired) electrons. The predicted octanol–water partition coefficient (Wildman–Crippen LogP) is 4.92. The van der Waals surface area contributed by atoms with Gasteiger partial charge in [-0.25, -0.2) is 4.98 Å². The molecule has 0 aliphatic carbocycles. The van der Waals surface area contributed by atoms with E-state index in [2.05, 4.69) is 15.4 Å². The summed E-state index contributed by atoms with van der Waals surface area (Å²) in [7, 11) is -1.11. The highest BCUT2D eigenvalue weighted by molar-refractivity contribution is 7.89. The van der Waals surface area contributed by atoms with Crippen LogP contribution in [-0.2, 0) is 17.3 Å². The van der Waals surface area contributed by atoms with Gasteiger partial charge in [-0.2, -0.15) is 9.61 Å². The van der Waals surface area contributed by atoms with Crippen LogP contribution in [0.1, 0.15) is 31.9 Å². The molecule has 1 aromatic carbocycles. The zero-order valence-corrected chi connectivity index (χ0v) is 18.6. The Labute approximate surface area is 184 Å². The minimum atomic E-state index is -1.11. The Morgan fingerprint density at radius 3 is 2.61 bits per heavy atom. The summed E-state index contributed by atoms with van der Waals surface area (Å²) < 4.78 is 13.9. The zero-order chi connectivity index (χ0) is 21.8. The molecule has 6 nitrogen and oxygen atoms in total. The molecule has 158 valence electrons. The second kappa shape index (κ2) is 8.81. The highest BCUT2D eigenvalue weighted by atomic mass is 32.2. The van der Waals surface area contributed by atoms with Crippen molar-refractivity contribution in [3.05, 3.63) is 83.7 Å². The number of aromatic nitrogens is 4. The largest absolute Gasteiger partial charge is 0.366 e. The molecule has 31 heavy (non-hydrogen) atoms. The lowest BCUT2D eigenvalue weighted by atomic mass is 10.1. The summed E-state index contributed by atoms with van der Waals surface area (Å²) in [5.41, 5.74) is 4.45. The van der Waals surface area contributed by atoms with Crippen molar-refractivity contribution >= 4 is 28.3 Å². The van der Waals surface area contributed by atoms with Gasteiger partial charge in [0.05, 0.1) is 22.7 Å². The molecule has 3 heterocycles. The van der Waals surface area contributed by atoms with Gasteiger partial charge in [0.15, 0.2) is 5.65 Å². The number of hydrogen-bond donors (Lipinski definition) is 1. The maximum absolute atomic E-state index is 12.5. The highest BCUT2D eigenvalue weighted by Gasteiger charge is 2.17. The van der Waals surface area contributed by atoms with Gasteiger partial charge in [0.2, 0.25) is 0 Å². The third-order valence-electron chi connectivity index (χ3n) is 4.74. The van der Waals surface area contributed by atoms with Crippen LogP contribution in [0.15, 0.2) is 72.5 Å². The van der Waals surface area contributed by atoms with Crippen molar-refractivity contribution in [3.8, 4) is 11.3 Å². The van der Waals surface area contributed by atoms with Crippen LogP contribution < -0.4 is 5.32 Å². The minimum Gasteiger partial charge on any atom is -0.366 e. The van der Waals surface area contributed by atoms with Crippen LogP contribution in [-0.4, -0.2) is 28.5 Å². The van der Waals surface area contributed by atoms with Gasteiger partial charge < -0.3 is 5.32 Å². The minimum absolute atomic E-state index is 0.321. The Morgan fingerprint density at radius 2 is 1.90 bits per heavy atom. The number of hydrogen-bond acceptors (Lipinski definition) is 5. The maximum Gasteiger partial charge on any atom is 0.165 e. The fraction of sp³-hybridized carbons (Fsp3) is 0.208. The third-order valence-corrected chi connectivity index (χ3v) is 6.33. The summed E-state index contributed by atoms with van der Waals surface area (Å²) in [4.78, 5) is 9.04. The van der Waals surface area contributed by atoms with Gasteiger partial charge in [0.25, 0.3) is 0 Å². The van der Waals surface area contributed by atoms with Crippen molar-refractivity contribution in [3.63, 3.8) is 0 Å². The van der Waals surface area contributed by atoms with Gasteiger partial charge in [-0.05, 0) is 38.5 Å². The molecule has 0 aliphatic heterocycles. The molecule has 1 N–H and O–H groups in total. The van der Waals surface area contributed by atoms with E-state index in [1.54, 1.807) is 22.3 Å². The summed E-state index contributed by atoms with van der Waals surface area (Å²) in [5, 5.41) is 9.70. The fourth-order valence-electron chi connectivity index (χ4n) is 3.01. The maximum atomic E-state index is 12.5. The van der Waals surface area contributed by atoms with E-state index in [0.717, 1.165) is 28.2 Å². The normalized spacial score (nSPS) is 13.0. The fourth-order valence-corrected chi connectivity index (χ4v) is 3.69. The van der Waals surface area contributed by atoms with Crippen molar-refractivity contribution < 1.29 is 4.21 Å². The van der Waals surface area contributed by atoms with Crippen LogP contribution in [0.2, 0.25) is 0 Å². The lowest BCUT2D eigenvalue weighted by Crippen LogP contribution is -2.19. The quantitative estimate of drug-likeness (QED) is 0.469. The summed E-state index contributed by atoms with van der Waals surface area (Å²) in [6.07, 6.45) is 7.19. The SMILES string of the molecule is CC(C)(C)S(=O)/C=C/c1cnn2c(NCc3cccnc3)cc(-c3ccccc3)nc12.